The second-order valence-corrected chi connectivity index (χ2v) is 3.34. The monoisotopic (exact) mass is 220 g/mol. The van der Waals surface area contributed by atoms with Crippen LogP contribution in [0.5, 0.6) is 0 Å². The number of hydrogen-bond acceptors (Lipinski definition) is 4. The average molecular weight is 220 g/mol. The molecule has 0 spiro atoms. The standard InChI is InChI=1S/C11H12N2O3/c1-15-11(14)12-10-7-9(13-16-10)8-5-3-2-4-6-8/h2-6,10H,7H2,1H3,(H,12,14). The summed E-state index contributed by atoms with van der Waals surface area (Å²) in [6, 6.07) is 9.69. The van der Waals surface area contributed by atoms with E-state index in [2.05, 4.69) is 15.2 Å². The molecule has 16 heavy (non-hydrogen) atoms. The highest BCUT2D eigenvalue weighted by Crippen LogP contribution is 2.14. The van der Waals surface area contributed by atoms with Crippen LogP contribution < -0.4 is 5.32 Å². The molecule has 0 saturated carbocycles. The topological polar surface area (TPSA) is 59.9 Å². The van der Waals surface area contributed by atoms with E-state index in [0.29, 0.717) is 6.42 Å². The van der Waals surface area contributed by atoms with Gasteiger partial charge in [0.05, 0.1) is 19.2 Å². The Morgan fingerprint density at radius 2 is 2.25 bits per heavy atom. The van der Waals surface area contributed by atoms with Gasteiger partial charge in [-0.05, 0) is 5.56 Å². The highest BCUT2D eigenvalue weighted by atomic mass is 16.7. The van der Waals surface area contributed by atoms with Crippen LogP contribution in [0, 0.1) is 0 Å². The molecule has 1 N–H and O–H groups in total. The highest BCUT2D eigenvalue weighted by molar-refractivity contribution is 6.01. The molecule has 1 atom stereocenters. The fourth-order valence-corrected chi connectivity index (χ4v) is 1.45. The van der Waals surface area contributed by atoms with Crippen molar-refractivity contribution in [2.24, 2.45) is 5.16 Å². The lowest BCUT2D eigenvalue weighted by Gasteiger charge is -2.08. The van der Waals surface area contributed by atoms with Crippen LogP contribution in [0.25, 0.3) is 0 Å². The molecule has 0 fully saturated rings. The van der Waals surface area contributed by atoms with Crippen molar-refractivity contribution >= 4 is 11.8 Å². The fourth-order valence-electron chi connectivity index (χ4n) is 1.45. The van der Waals surface area contributed by atoms with E-state index < -0.39 is 12.3 Å². The molecule has 0 radical (unpaired) electrons. The van der Waals surface area contributed by atoms with Crippen LogP contribution in [0.1, 0.15) is 12.0 Å². The number of hydrogen-bond donors (Lipinski definition) is 1. The van der Waals surface area contributed by atoms with Gasteiger partial charge < -0.3 is 9.57 Å². The van der Waals surface area contributed by atoms with Crippen molar-refractivity contribution in [1.29, 1.82) is 0 Å². The van der Waals surface area contributed by atoms with Crippen molar-refractivity contribution in [2.45, 2.75) is 12.6 Å². The van der Waals surface area contributed by atoms with E-state index in [1.165, 1.54) is 7.11 Å². The minimum atomic E-state index is -0.519. The second kappa shape index (κ2) is 4.65. The van der Waals surface area contributed by atoms with Gasteiger partial charge in [0.1, 0.15) is 0 Å². The summed E-state index contributed by atoms with van der Waals surface area (Å²) in [7, 11) is 1.31. The van der Waals surface area contributed by atoms with Crippen molar-refractivity contribution in [3.8, 4) is 0 Å². The summed E-state index contributed by atoms with van der Waals surface area (Å²) in [5.41, 5.74) is 1.82. The van der Waals surface area contributed by atoms with Crippen molar-refractivity contribution < 1.29 is 14.4 Å². The number of carbonyl (C=O) groups is 1. The molecule has 0 aliphatic carbocycles. The molecule has 1 aromatic carbocycles. The van der Waals surface area contributed by atoms with Gasteiger partial charge >= 0.3 is 6.09 Å². The summed E-state index contributed by atoms with van der Waals surface area (Å²) in [6.07, 6.45) is -0.420. The van der Waals surface area contributed by atoms with E-state index in [4.69, 9.17) is 4.84 Å². The van der Waals surface area contributed by atoms with Gasteiger partial charge in [-0.2, -0.15) is 0 Å². The van der Waals surface area contributed by atoms with Crippen molar-refractivity contribution in [3.63, 3.8) is 0 Å². The molecular weight excluding hydrogens is 208 g/mol. The molecule has 5 nitrogen and oxygen atoms in total. The van der Waals surface area contributed by atoms with E-state index in [0.717, 1.165) is 11.3 Å². The van der Waals surface area contributed by atoms with Crippen LogP contribution in [0.2, 0.25) is 0 Å². The average Bonchev–Trinajstić information content (AvgIpc) is 2.78. The molecule has 1 unspecified atom stereocenters. The Morgan fingerprint density at radius 3 is 2.94 bits per heavy atom. The lowest BCUT2D eigenvalue weighted by Crippen LogP contribution is -2.34. The highest BCUT2D eigenvalue weighted by Gasteiger charge is 2.23. The zero-order valence-corrected chi connectivity index (χ0v) is 8.84. The third-order valence-electron chi connectivity index (χ3n) is 2.24. The van der Waals surface area contributed by atoms with Gasteiger partial charge in [0.15, 0.2) is 0 Å². The Bertz CT molecular complexity index is 403. The number of nitrogens with zero attached hydrogens (tertiary/aromatic N) is 1. The molecule has 0 bridgehead atoms. The molecule has 1 aliphatic rings. The van der Waals surface area contributed by atoms with Gasteiger partial charge in [0.2, 0.25) is 6.23 Å². The van der Waals surface area contributed by atoms with E-state index in [1.807, 2.05) is 30.3 Å². The zero-order valence-electron chi connectivity index (χ0n) is 8.84. The summed E-state index contributed by atoms with van der Waals surface area (Å²) in [5, 5.41) is 6.45. The minimum Gasteiger partial charge on any atom is -0.453 e. The Kier molecular flexibility index (Phi) is 3.05. The minimum absolute atomic E-state index is 0.442. The van der Waals surface area contributed by atoms with Gasteiger partial charge in [-0.3, -0.25) is 5.32 Å². The van der Waals surface area contributed by atoms with Crippen molar-refractivity contribution in [1.82, 2.24) is 5.32 Å². The first-order valence-corrected chi connectivity index (χ1v) is 4.92. The van der Waals surface area contributed by atoms with Crippen LogP contribution in [0.4, 0.5) is 4.79 Å². The lowest BCUT2D eigenvalue weighted by atomic mass is 10.1. The van der Waals surface area contributed by atoms with Gasteiger partial charge in [0.25, 0.3) is 0 Å². The quantitative estimate of drug-likeness (QED) is 0.821. The number of nitrogens with one attached hydrogen (secondary N) is 1. The molecule has 1 aliphatic heterocycles. The second-order valence-electron chi connectivity index (χ2n) is 3.34. The molecule has 1 aromatic rings. The van der Waals surface area contributed by atoms with Gasteiger partial charge in [-0.1, -0.05) is 35.5 Å². The largest absolute Gasteiger partial charge is 0.453 e. The maximum absolute atomic E-state index is 10.9. The number of rotatable bonds is 2. The smallest absolute Gasteiger partial charge is 0.409 e. The Balaban J connectivity index is 1.95. The summed E-state index contributed by atoms with van der Waals surface area (Å²) in [6.45, 7) is 0. The number of alkyl carbamates (subject to hydrolysis) is 1. The Morgan fingerprint density at radius 1 is 1.50 bits per heavy atom. The third kappa shape index (κ3) is 2.31. The molecule has 1 amide bonds. The molecule has 5 heteroatoms. The number of carbonyl (C=O) groups excluding carboxylic acids is 1. The number of oxime groups is 1. The van der Waals surface area contributed by atoms with Gasteiger partial charge in [-0.15, -0.1) is 0 Å². The third-order valence-corrected chi connectivity index (χ3v) is 2.24. The molecule has 84 valence electrons. The van der Waals surface area contributed by atoms with Crippen molar-refractivity contribution in [2.75, 3.05) is 7.11 Å². The Hall–Kier alpha value is -2.04. The molecule has 2 rings (SSSR count). The predicted molar refractivity (Wildman–Crippen MR) is 58.0 cm³/mol. The summed E-state index contributed by atoms with van der Waals surface area (Å²) >= 11 is 0. The van der Waals surface area contributed by atoms with Gasteiger partial charge in [-0.25, -0.2) is 4.79 Å². The predicted octanol–water partition coefficient (Wildman–Crippen LogP) is 1.49. The van der Waals surface area contributed by atoms with Gasteiger partial charge in [0, 0.05) is 0 Å². The normalized spacial score (nSPS) is 18.6. The van der Waals surface area contributed by atoms with Crippen molar-refractivity contribution in [3.05, 3.63) is 35.9 Å². The summed E-state index contributed by atoms with van der Waals surface area (Å²) in [4.78, 5) is 16.0. The summed E-state index contributed by atoms with van der Waals surface area (Å²) in [5.74, 6) is 0. The maximum Gasteiger partial charge on any atom is 0.409 e. The first-order chi connectivity index (χ1) is 7.79. The fraction of sp³-hybridized carbons (Fsp3) is 0.273. The van der Waals surface area contributed by atoms with E-state index in [9.17, 15) is 4.79 Å². The lowest BCUT2D eigenvalue weighted by molar-refractivity contribution is 0.0558. The van der Waals surface area contributed by atoms with Crippen LogP contribution in [-0.4, -0.2) is 25.1 Å². The number of methoxy groups -OCH3 is 1. The van der Waals surface area contributed by atoms with Crippen LogP contribution in [-0.2, 0) is 9.57 Å². The van der Waals surface area contributed by atoms with E-state index in [1.54, 1.807) is 0 Å². The molecule has 1 heterocycles. The SMILES string of the molecule is COC(=O)NC1CC(c2ccccc2)=NO1. The zero-order chi connectivity index (χ0) is 11.4. The number of ether oxygens (including phenoxy) is 1. The number of benzene rings is 1. The molecule has 0 saturated heterocycles. The Labute approximate surface area is 93.0 Å². The van der Waals surface area contributed by atoms with E-state index in [-0.39, 0.29) is 0 Å². The van der Waals surface area contributed by atoms with Crippen LogP contribution in [0.3, 0.4) is 0 Å². The first kappa shape index (κ1) is 10.5. The van der Waals surface area contributed by atoms with E-state index >= 15 is 0 Å². The maximum atomic E-state index is 10.9. The molecule has 0 aromatic heterocycles. The molecular formula is C11H12N2O3. The van der Waals surface area contributed by atoms with Crippen LogP contribution >= 0.6 is 0 Å². The number of amides is 1. The van der Waals surface area contributed by atoms with Crippen LogP contribution in [0.15, 0.2) is 35.5 Å². The summed E-state index contributed by atoms with van der Waals surface area (Å²) < 4.78 is 4.47. The first-order valence-electron chi connectivity index (χ1n) is 4.92.